The second kappa shape index (κ2) is 5.15. The van der Waals surface area contributed by atoms with Crippen LogP contribution in [0.5, 0.6) is 0 Å². The lowest BCUT2D eigenvalue weighted by Gasteiger charge is -2.32. The summed E-state index contributed by atoms with van der Waals surface area (Å²) >= 11 is 0. The molecule has 0 spiro atoms. The lowest BCUT2D eigenvalue weighted by Crippen LogP contribution is -2.40. The second-order valence-corrected chi connectivity index (χ2v) is 6.74. The Kier molecular flexibility index (Phi) is 4.55. The molecule has 1 aliphatic rings. The quantitative estimate of drug-likeness (QED) is 0.761. The summed E-state index contributed by atoms with van der Waals surface area (Å²) in [5.41, 5.74) is -0.367. The van der Waals surface area contributed by atoms with Crippen LogP contribution in [0.1, 0.15) is 40.5 Å². The zero-order chi connectivity index (χ0) is 12.4. The van der Waals surface area contributed by atoms with Crippen LogP contribution < -0.4 is 0 Å². The SMILES string of the molecule is CCOP(=O)(OCC)C1CCC(C)(C)N1O. The van der Waals surface area contributed by atoms with Gasteiger partial charge in [-0.2, -0.15) is 5.06 Å². The van der Waals surface area contributed by atoms with Crippen LogP contribution in [-0.4, -0.2) is 34.8 Å². The number of hydrogen-bond acceptors (Lipinski definition) is 5. The molecule has 0 radical (unpaired) electrons. The van der Waals surface area contributed by atoms with Crippen molar-refractivity contribution in [3.63, 3.8) is 0 Å². The van der Waals surface area contributed by atoms with E-state index in [4.69, 9.17) is 9.05 Å². The van der Waals surface area contributed by atoms with Gasteiger partial charge in [-0.1, -0.05) is 0 Å². The highest BCUT2D eigenvalue weighted by atomic mass is 31.2. The first-order valence-electron chi connectivity index (χ1n) is 5.74. The summed E-state index contributed by atoms with van der Waals surface area (Å²) in [6.07, 6.45) is 1.40. The molecule has 1 heterocycles. The van der Waals surface area contributed by atoms with E-state index in [1.165, 1.54) is 0 Å². The summed E-state index contributed by atoms with van der Waals surface area (Å²) in [5, 5.41) is 11.1. The summed E-state index contributed by atoms with van der Waals surface area (Å²) in [4.78, 5) is 0. The Labute approximate surface area is 97.2 Å². The van der Waals surface area contributed by atoms with Gasteiger partial charge in [0, 0.05) is 5.54 Å². The van der Waals surface area contributed by atoms with Crippen molar-refractivity contribution < 1.29 is 18.8 Å². The predicted molar refractivity (Wildman–Crippen MR) is 61.6 cm³/mol. The molecule has 5 nitrogen and oxygen atoms in total. The Hall–Kier alpha value is 0.0700. The van der Waals surface area contributed by atoms with Crippen LogP contribution in [0.3, 0.4) is 0 Å². The molecule has 96 valence electrons. The molecule has 0 saturated carbocycles. The van der Waals surface area contributed by atoms with Gasteiger partial charge in [-0.05, 0) is 40.5 Å². The molecule has 0 bridgehead atoms. The number of hydrogen-bond donors (Lipinski definition) is 1. The maximum atomic E-state index is 12.5. The van der Waals surface area contributed by atoms with Gasteiger partial charge >= 0.3 is 7.60 Å². The van der Waals surface area contributed by atoms with Crippen molar-refractivity contribution in [3.8, 4) is 0 Å². The summed E-state index contributed by atoms with van der Waals surface area (Å²) < 4.78 is 23.0. The molecule has 1 atom stereocenters. The molecular weight excluding hydrogens is 229 g/mol. The molecule has 16 heavy (non-hydrogen) atoms. The van der Waals surface area contributed by atoms with Crippen molar-refractivity contribution in [3.05, 3.63) is 0 Å². The van der Waals surface area contributed by atoms with Crippen LogP contribution in [0.2, 0.25) is 0 Å². The molecular formula is C10H22NO4P. The van der Waals surface area contributed by atoms with Crippen LogP contribution in [-0.2, 0) is 13.6 Å². The minimum absolute atomic E-state index is 0.321. The molecule has 1 unspecified atom stereocenters. The van der Waals surface area contributed by atoms with E-state index in [2.05, 4.69) is 0 Å². The predicted octanol–water partition coefficient (Wildman–Crippen LogP) is 2.84. The fourth-order valence-electron chi connectivity index (χ4n) is 1.98. The lowest BCUT2D eigenvalue weighted by molar-refractivity contribution is -0.150. The highest BCUT2D eigenvalue weighted by molar-refractivity contribution is 7.54. The average molecular weight is 251 g/mol. The van der Waals surface area contributed by atoms with E-state index in [0.29, 0.717) is 19.6 Å². The summed E-state index contributed by atoms with van der Waals surface area (Å²) in [5.74, 6) is -0.539. The van der Waals surface area contributed by atoms with Crippen LogP contribution in [0.15, 0.2) is 0 Å². The first-order chi connectivity index (χ1) is 7.37. The molecule has 1 N–H and O–H groups in total. The van der Waals surface area contributed by atoms with Gasteiger partial charge in [0.1, 0.15) is 5.78 Å². The molecule has 6 heteroatoms. The third-order valence-corrected chi connectivity index (χ3v) is 5.34. The maximum Gasteiger partial charge on any atom is 0.350 e. The minimum Gasteiger partial charge on any atom is -0.313 e. The number of hydroxylamine groups is 2. The molecule has 1 saturated heterocycles. The van der Waals surface area contributed by atoms with Gasteiger partial charge in [-0.3, -0.25) is 4.57 Å². The maximum absolute atomic E-state index is 12.5. The smallest absolute Gasteiger partial charge is 0.313 e. The van der Waals surface area contributed by atoms with Crippen molar-refractivity contribution in [2.24, 2.45) is 0 Å². The molecule has 1 aliphatic heterocycles. The molecule has 0 aromatic rings. The Morgan fingerprint density at radius 2 is 1.88 bits per heavy atom. The van der Waals surface area contributed by atoms with Crippen molar-refractivity contribution in [1.29, 1.82) is 0 Å². The Morgan fingerprint density at radius 3 is 2.19 bits per heavy atom. The Bertz CT molecular complexity index is 272. The zero-order valence-electron chi connectivity index (χ0n) is 10.5. The highest BCUT2D eigenvalue weighted by Gasteiger charge is 2.49. The first kappa shape index (κ1) is 14.1. The number of rotatable bonds is 5. The summed E-state index contributed by atoms with van der Waals surface area (Å²) in [7, 11) is -3.23. The largest absolute Gasteiger partial charge is 0.350 e. The van der Waals surface area contributed by atoms with E-state index in [1.807, 2.05) is 13.8 Å². The van der Waals surface area contributed by atoms with Gasteiger partial charge in [-0.15, -0.1) is 0 Å². The van der Waals surface area contributed by atoms with Crippen LogP contribution in [0.4, 0.5) is 0 Å². The lowest BCUT2D eigenvalue weighted by atomic mass is 10.0. The molecule has 0 aromatic carbocycles. The molecule has 1 rings (SSSR count). The van der Waals surface area contributed by atoms with E-state index < -0.39 is 13.4 Å². The molecule has 1 fully saturated rings. The number of nitrogens with zero attached hydrogens (tertiary/aromatic N) is 1. The topological polar surface area (TPSA) is 59.0 Å². The van der Waals surface area contributed by atoms with Gasteiger partial charge < -0.3 is 14.3 Å². The second-order valence-electron chi connectivity index (χ2n) is 4.55. The van der Waals surface area contributed by atoms with E-state index in [0.717, 1.165) is 11.5 Å². The molecule has 0 aliphatic carbocycles. The zero-order valence-corrected chi connectivity index (χ0v) is 11.4. The van der Waals surface area contributed by atoms with Crippen LogP contribution in [0.25, 0.3) is 0 Å². The first-order valence-corrected chi connectivity index (χ1v) is 7.35. The average Bonchev–Trinajstić information content (AvgIpc) is 2.43. The third kappa shape index (κ3) is 2.66. The van der Waals surface area contributed by atoms with E-state index in [1.54, 1.807) is 13.8 Å². The third-order valence-electron chi connectivity index (χ3n) is 2.90. The van der Waals surface area contributed by atoms with Crippen molar-refractivity contribution >= 4 is 7.60 Å². The molecule has 0 aromatic heterocycles. The van der Waals surface area contributed by atoms with Crippen molar-refractivity contribution in [2.75, 3.05) is 13.2 Å². The summed E-state index contributed by atoms with van der Waals surface area (Å²) in [6, 6.07) is 0. The van der Waals surface area contributed by atoms with Crippen LogP contribution >= 0.6 is 7.60 Å². The van der Waals surface area contributed by atoms with Gasteiger partial charge in [0.15, 0.2) is 0 Å². The van der Waals surface area contributed by atoms with Gasteiger partial charge in [0.2, 0.25) is 0 Å². The highest BCUT2D eigenvalue weighted by Crippen LogP contribution is 2.59. The molecule has 0 amide bonds. The van der Waals surface area contributed by atoms with Crippen LogP contribution in [0, 0.1) is 0 Å². The Morgan fingerprint density at radius 1 is 1.38 bits per heavy atom. The Balaban J connectivity index is 2.85. The fraction of sp³-hybridized carbons (Fsp3) is 1.00. The van der Waals surface area contributed by atoms with Gasteiger partial charge in [0.05, 0.1) is 13.2 Å². The normalized spacial score (nSPS) is 26.2. The van der Waals surface area contributed by atoms with Crippen molar-refractivity contribution in [1.82, 2.24) is 5.06 Å². The van der Waals surface area contributed by atoms with Crippen molar-refractivity contribution in [2.45, 2.75) is 51.9 Å². The van der Waals surface area contributed by atoms with E-state index in [9.17, 15) is 9.77 Å². The van der Waals surface area contributed by atoms with E-state index >= 15 is 0 Å². The standard InChI is InChI=1S/C10H22NO4P/c1-5-14-16(13,15-6-2)9-7-8-10(3,4)11(9)12/h9,12H,5-8H2,1-4H3. The van der Waals surface area contributed by atoms with Gasteiger partial charge in [-0.25, -0.2) is 0 Å². The monoisotopic (exact) mass is 251 g/mol. The minimum atomic E-state index is -3.23. The van der Waals surface area contributed by atoms with Gasteiger partial charge in [0.25, 0.3) is 0 Å². The fourth-order valence-corrected chi connectivity index (χ4v) is 4.15. The van der Waals surface area contributed by atoms with E-state index in [-0.39, 0.29) is 5.54 Å². The summed E-state index contributed by atoms with van der Waals surface area (Å²) in [6.45, 7) is 8.01.